The van der Waals surface area contributed by atoms with Crippen LogP contribution in [0.1, 0.15) is 39.6 Å². The molecule has 1 aliphatic carbocycles. The van der Waals surface area contributed by atoms with Gasteiger partial charge in [0.25, 0.3) is 0 Å². The van der Waals surface area contributed by atoms with Crippen molar-refractivity contribution in [2.75, 3.05) is 28.8 Å². The van der Waals surface area contributed by atoms with Crippen molar-refractivity contribution in [3.8, 4) is 0 Å². The van der Waals surface area contributed by atoms with Gasteiger partial charge in [-0.2, -0.15) is 0 Å². The number of hydrogen-bond donors (Lipinski definition) is 3. The fraction of sp³-hybridized carbons (Fsp3) is 0.480. The van der Waals surface area contributed by atoms with Crippen molar-refractivity contribution in [3.63, 3.8) is 0 Å². The maximum atomic E-state index is 13.2. The van der Waals surface area contributed by atoms with Gasteiger partial charge in [-0.05, 0) is 24.3 Å². The first-order valence-electron chi connectivity index (χ1n) is 12.0. The summed E-state index contributed by atoms with van der Waals surface area (Å²) in [6, 6.07) is 5.42. The number of fused-ring (bicyclic) bond motifs is 1. The molecule has 1 aromatic carbocycles. The number of aromatic nitrogens is 1. The number of hydrogen-bond acceptors (Lipinski definition) is 6. The van der Waals surface area contributed by atoms with Crippen molar-refractivity contribution in [2.24, 2.45) is 5.92 Å². The molecule has 12 heteroatoms. The fourth-order valence-electron chi connectivity index (χ4n) is 4.58. The molecule has 2 aromatic rings. The molecule has 1 saturated carbocycles. The Balaban J connectivity index is 1.45. The van der Waals surface area contributed by atoms with Crippen molar-refractivity contribution in [2.45, 2.75) is 42.2 Å². The zero-order valence-corrected chi connectivity index (χ0v) is 24.7. The van der Waals surface area contributed by atoms with E-state index in [0.717, 1.165) is 16.5 Å². The number of carbonyl (C=O) groups is 4. The van der Waals surface area contributed by atoms with E-state index in [-0.39, 0.29) is 17.7 Å². The number of nitrogens with zero attached hydrogens (tertiary/aromatic N) is 2. The zero-order chi connectivity index (χ0) is 26.7. The Morgan fingerprint density at radius 3 is 2.49 bits per heavy atom. The second kappa shape index (κ2) is 12.1. The molecule has 4 amide bonds. The van der Waals surface area contributed by atoms with Gasteiger partial charge in [0.15, 0.2) is 0 Å². The van der Waals surface area contributed by atoms with Gasteiger partial charge in [0.1, 0.15) is 0 Å². The number of carbonyl (C=O) groups excluding carboxylic acids is 4. The first kappa shape index (κ1) is 27.8. The van der Waals surface area contributed by atoms with Crippen LogP contribution in [0, 0.1) is 5.92 Å². The first-order valence-corrected chi connectivity index (χ1v) is 18.4. The topological polar surface area (TPSA) is 121 Å². The van der Waals surface area contributed by atoms with E-state index in [1.54, 1.807) is 43.3 Å². The average Bonchev–Trinajstić information content (AvgIpc) is 3.29. The molecule has 0 spiro atoms. The second-order valence-corrected chi connectivity index (χ2v) is 17.0. The minimum atomic E-state index is -0.949. The van der Waals surface area contributed by atoms with Crippen LogP contribution in [0.3, 0.4) is 0 Å². The van der Waals surface area contributed by atoms with Gasteiger partial charge >= 0.3 is 187 Å². The first-order chi connectivity index (χ1) is 17.6. The van der Waals surface area contributed by atoms with Gasteiger partial charge in [-0.15, -0.1) is 0 Å². The van der Waals surface area contributed by atoms with E-state index in [0.29, 0.717) is 35.0 Å². The number of alkyl halides is 3. The van der Waals surface area contributed by atoms with Crippen LogP contribution in [-0.4, -0.2) is 69.0 Å². The predicted octanol–water partition coefficient (Wildman–Crippen LogP) is 3.10. The third-order valence-corrected chi connectivity index (χ3v) is 12.9. The molecule has 0 unspecified atom stereocenters. The average molecular weight is 660 g/mol. The Hall–Kier alpha value is -2.25. The van der Waals surface area contributed by atoms with E-state index in [1.165, 1.54) is 20.6 Å². The summed E-state index contributed by atoms with van der Waals surface area (Å²) >= 11 is 6.38. The van der Waals surface area contributed by atoms with E-state index in [4.69, 9.17) is 11.6 Å². The number of anilines is 1. The van der Waals surface area contributed by atoms with Gasteiger partial charge in [-0.1, -0.05) is 11.6 Å². The summed E-state index contributed by atoms with van der Waals surface area (Å²) in [5.74, 6) is -2.22. The van der Waals surface area contributed by atoms with Crippen LogP contribution in [0.25, 0.3) is 0 Å². The Morgan fingerprint density at radius 1 is 1.05 bits per heavy atom. The number of aryl methyl sites for hydroxylation is 1. The van der Waals surface area contributed by atoms with Crippen LogP contribution in [0.2, 0.25) is 5.02 Å². The third kappa shape index (κ3) is 6.99. The molecule has 9 nitrogen and oxygen atoms in total. The predicted molar refractivity (Wildman–Crippen MR) is 154 cm³/mol. The van der Waals surface area contributed by atoms with E-state index >= 15 is 0 Å². The molecule has 0 bridgehead atoms. The molecule has 4 rings (SSSR count). The fourth-order valence-corrected chi connectivity index (χ4v) is 10.7. The number of thiazole rings is 1. The minimum absolute atomic E-state index is 0.0196. The molecule has 0 radical (unpaired) electrons. The van der Waals surface area contributed by atoms with Gasteiger partial charge < -0.3 is 0 Å². The Kier molecular flexibility index (Phi) is 9.07. The molecule has 1 aromatic heterocycles. The summed E-state index contributed by atoms with van der Waals surface area (Å²) < 4.78 is 2.29. The van der Waals surface area contributed by atoms with E-state index in [9.17, 15) is 19.2 Å². The van der Waals surface area contributed by atoms with Crippen LogP contribution >= 0.6 is 42.8 Å². The van der Waals surface area contributed by atoms with Gasteiger partial charge in [0, 0.05) is 10.7 Å². The van der Waals surface area contributed by atoms with E-state index in [2.05, 4.69) is 25.9 Å². The molecule has 37 heavy (non-hydrogen) atoms. The normalized spacial score (nSPS) is 21.9. The number of benzene rings is 1. The molecule has 3 N–H and O–H groups in total. The van der Waals surface area contributed by atoms with Crippen molar-refractivity contribution in [1.82, 2.24) is 20.5 Å². The van der Waals surface area contributed by atoms with Crippen molar-refractivity contribution in [3.05, 3.63) is 44.9 Å². The van der Waals surface area contributed by atoms with Gasteiger partial charge in [0.2, 0.25) is 0 Å². The van der Waals surface area contributed by atoms with Crippen molar-refractivity contribution >= 4 is 72.1 Å². The Morgan fingerprint density at radius 2 is 1.78 bits per heavy atom. The summed E-state index contributed by atoms with van der Waals surface area (Å²) in [7, 11) is 3.41. The molecular weight excluding hydrogens is 629 g/mol. The molecule has 2 aliphatic rings. The second-order valence-electron chi connectivity index (χ2n) is 9.55. The Bertz CT molecular complexity index is 1190. The molecule has 2 heterocycles. The summed E-state index contributed by atoms with van der Waals surface area (Å²) in [5, 5.41) is 9.28. The summed E-state index contributed by atoms with van der Waals surface area (Å²) in [6.07, 6.45) is 2.29. The molecule has 1 fully saturated rings. The number of amides is 4. The van der Waals surface area contributed by atoms with Gasteiger partial charge in [0.05, 0.1) is 0 Å². The SMILES string of the molecule is CN(C)C(=O)[C@H]1CC[C@H](NC(=O)C(=O)Nc2ccc(Cl)cc2)[C@H](NC(=O)c2nc3c(s2)CI(C)CC3)C1. The zero-order valence-electron chi connectivity index (χ0n) is 21.0. The number of nitrogens with one attached hydrogen (secondary N) is 3. The summed E-state index contributed by atoms with van der Waals surface area (Å²) in [6.45, 7) is 0. The standard InChI is InChI=1S/C25H31ClIN5O4S/c1-27-11-10-18-20(13-27)37-24(31-18)23(35)30-19-12-14(25(36)32(2)3)4-9-17(19)29-22(34)21(33)28-16-7-5-15(26)6-8-16/h5-8,14,17,19H,4,9-13H2,1-3H3,(H,28,33)(H,29,34)(H,30,35)/t14-,17-,19+/m0/s1. The van der Waals surface area contributed by atoms with E-state index in [1.807, 2.05) is 0 Å². The number of halogens is 2. The van der Waals surface area contributed by atoms with Crippen LogP contribution < -0.4 is 16.0 Å². The molecule has 200 valence electrons. The summed E-state index contributed by atoms with van der Waals surface area (Å²) in [4.78, 5) is 60.8. The molecular formula is C25H31ClIN5O4S. The van der Waals surface area contributed by atoms with Gasteiger partial charge in [-0.25, -0.2) is 0 Å². The third-order valence-electron chi connectivity index (χ3n) is 6.56. The maximum absolute atomic E-state index is 13.2. The van der Waals surface area contributed by atoms with E-state index < -0.39 is 43.7 Å². The Labute approximate surface area is 232 Å². The molecule has 0 saturated heterocycles. The number of rotatable bonds is 5. The van der Waals surface area contributed by atoms with Crippen LogP contribution in [0.4, 0.5) is 5.69 Å². The van der Waals surface area contributed by atoms with Crippen LogP contribution in [0.5, 0.6) is 0 Å². The molecule has 3 atom stereocenters. The molecule has 1 aliphatic heterocycles. The van der Waals surface area contributed by atoms with Crippen LogP contribution in [-0.2, 0) is 25.2 Å². The monoisotopic (exact) mass is 659 g/mol. The van der Waals surface area contributed by atoms with Crippen molar-refractivity contribution in [1.29, 1.82) is 0 Å². The van der Waals surface area contributed by atoms with Gasteiger partial charge in [-0.3, -0.25) is 0 Å². The summed E-state index contributed by atoms with van der Waals surface area (Å²) in [5.41, 5.74) is 1.47. The van der Waals surface area contributed by atoms with Crippen molar-refractivity contribution < 1.29 is 19.2 Å². The van der Waals surface area contributed by atoms with Crippen LogP contribution in [0.15, 0.2) is 24.3 Å². The quantitative estimate of drug-likeness (QED) is 0.259.